The van der Waals surface area contributed by atoms with E-state index in [1.807, 2.05) is 24.3 Å². The molecule has 0 saturated heterocycles. The Bertz CT molecular complexity index is 438. The monoisotopic (exact) mass is 220 g/mol. The van der Waals surface area contributed by atoms with Gasteiger partial charge < -0.3 is 13.9 Å². The fourth-order valence-electron chi connectivity index (χ4n) is 1.49. The van der Waals surface area contributed by atoms with Crippen molar-refractivity contribution in [2.24, 2.45) is 0 Å². The Morgan fingerprint density at radius 3 is 2.69 bits per heavy atom. The molecule has 0 aliphatic rings. The third kappa shape index (κ3) is 2.10. The molecule has 2 aromatic rings. The van der Waals surface area contributed by atoms with E-state index in [2.05, 4.69) is 10.2 Å². The first-order valence-corrected chi connectivity index (χ1v) is 4.77. The summed E-state index contributed by atoms with van der Waals surface area (Å²) in [5.74, 6) is 0.479. The molecule has 1 aromatic heterocycles. The first-order valence-electron chi connectivity index (χ1n) is 4.77. The molecule has 0 saturated carbocycles. The highest BCUT2D eigenvalue weighted by Gasteiger charge is 2.11. The molecule has 0 bridgehead atoms. The van der Waals surface area contributed by atoms with E-state index in [0.717, 1.165) is 11.1 Å². The molecule has 0 fully saturated rings. The lowest BCUT2D eigenvalue weighted by Gasteiger charge is -2.13. The van der Waals surface area contributed by atoms with Crippen LogP contribution in [0.5, 0.6) is 0 Å². The first-order chi connectivity index (χ1) is 7.85. The summed E-state index contributed by atoms with van der Waals surface area (Å²) in [5, 5.41) is 7.47. The zero-order valence-electron chi connectivity index (χ0n) is 9.08. The van der Waals surface area contributed by atoms with E-state index in [0.29, 0.717) is 5.89 Å². The summed E-state index contributed by atoms with van der Waals surface area (Å²) < 4.78 is 15.5. The molecule has 0 spiro atoms. The van der Waals surface area contributed by atoms with Gasteiger partial charge in [0.05, 0.1) is 0 Å². The van der Waals surface area contributed by atoms with Gasteiger partial charge in [-0.2, -0.15) is 0 Å². The van der Waals surface area contributed by atoms with E-state index >= 15 is 0 Å². The Hall–Kier alpha value is -1.72. The molecule has 0 aliphatic heterocycles. The Balaban J connectivity index is 2.33. The average molecular weight is 220 g/mol. The normalized spacial score (nSPS) is 10.9. The van der Waals surface area contributed by atoms with Gasteiger partial charge in [0, 0.05) is 25.3 Å². The van der Waals surface area contributed by atoms with Crippen LogP contribution < -0.4 is 0 Å². The number of hydrogen-bond donors (Lipinski definition) is 0. The minimum atomic E-state index is -0.386. The smallest absolute Gasteiger partial charge is 0.247 e. The van der Waals surface area contributed by atoms with Crippen LogP contribution in [0, 0.1) is 0 Å². The van der Waals surface area contributed by atoms with Crippen molar-refractivity contribution in [2.45, 2.75) is 6.29 Å². The summed E-state index contributed by atoms with van der Waals surface area (Å²) in [7, 11) is 3.18. The second-order valence-electron chi connectivity index (χ2n) is 3.17. The van der Waals surface area contributed by atoms with Crippen LogP contribution >= 0.6 is 0 Å². The van der Waals surface area contributed by atoms with Gasteiger partial charge in [-0.3, -0.25) is 0 Å². The third-order valence-corrected chi connectivity index (χ3v) is 2.19. The molecule has 84 valence electrons. The molecular weight excluding hydrogens is 208 g/mol. The molecule has 16 heavy (non-hydrogen) atoms. The summed E-state index contributed by atoms with van der Waals surface area (Å²) in [6.45, 7) is 0. The van der Waals surface area contributed by atoms with Crippen LogP contribution in [0.1, 0.15) is 11.9 Å². The van der Waals surface area contributed by atoms with Gasteiger partial charge in [-0.1, -0.05) is 12.1 Å². The van der Waals surface area contributed by atoms with E-state index in [4.69, 9.17) is 13.9 Å². The van der Waals surface area contributed by atoms with Crippen LogP contribution in [-0.2, 0) is 9.47 Å². The number of methoxy groups -OCH3 is 2. The summed E-state index contributed by atoms with van der Waals surface area (Å²) in [6, 6.07) is 7.59. The maximum absolute atomic E-state index is 5.17. The van der Waals surface area contributed by atoms with Crippen molar-refractivity contribution >= 4 is 0 Å². The summed E-state index contributed by atoms with van der Waals surface area (Å²) >= 11 is 0. The Kier molecular flexibility index (Phi) is 3.28. The van der Waals surface area contributed by atoms with Gasteiger partial charge in [0.2, 0.25) is 12.3 Å². The average Bonchev–Trinajstić information content (AvgIpc) is 2.85. The zero-order chi connectivity index (χ0) is 11.4. The minimum Gasteiger partial charge on any atom is -0.423 e. The lowest BCUT2D eigenvalue weighted by molar-refractivity contribution is -0.105. The van der Waals surface area contributed by atoms with Crippen molar-refractivity contribution in [1.82, 2.24) is 10.2 Å². The van der Waals surface area contributed by atoms with Crippen LogP contribution in [0.2, 0.25) is 0 Å². The van der Waals surface area contributed by atoms with E-state index in [1.165, 1.54) is 6.39 Å². The number of benzene rings is 1. The van der Waals surface area contributed by atoms with Gasteiger partial charge >= 0.3 is 0 Å². The third-order valence-electron chi connectivity index (χ3n) is 2.19. The topological polar surface area (TPSA) is 57.4 Å². The van der Waals surface area contributed by atoms with Crippen molar-refractivity contribution in [3.8, 4) is 11.5 Å². The van der Waals surface area contributed by atoms with Crippen LogP contribution in [0.3, 0.4) is 0 Å². The maximum Gasteiger partial charge on any atom is 0.247 e. The fraction of sp³-hybridized carbons (Fsp3) is 0.273. The molecule has 1 aromatic carbocycles. The van der Waals surface area contributed by atoms with Crippen molar-refractivity contribution in [2.75, 3.05) is 14.2 Å². The summed E-state index contributed by atoms with van der Waals surface area (Å²) in [5.41, 5.74) is 1.75. The van der Waals surface area contributed by atoms with Crippen LogP contribution in [0.4, 0.5) is 0 Å². The second-order valence-corrected chi connectivity index (χ2v) is 3.17. The van der Waals surface area contributed by atoms with E-state index in [1.54, 1.807) is 14.2 Å². The van der Waals surface area contributed by atoms with E-state index < -0.39 is 0 Å². The predicted octanol–water partition coefficient (Wildman–Crippen LogP) is 2.03. The van der Waals surface area contributed by atoms with Crippen LogP contribution in [-0.4, -0.2) is 24.4 Å². The molecule has 0 aliphatic carbocycles. The highest BCUT2D eigenvalue weighted by molar-refractivity contribution is 5.53. The summed E-state index contributed by atoms with van der Waals surface area (Å²) in [6.07, 6.45) is 0.912. The molecule has 0 unspecified atom stereocenters. The quantitative estimate of drug-likeness (QED) is 0.738. The lowest BCUT2D eigenvalue weighted by Crippen LogP contribution is -2.03. The number of rotatable bonds is 4. The molecule has 0 atom stereocenters. The van der Waals surface area contributed by atoms with Gasteiger partial charge in [0.15, 0.2) is 6.29 Å². The van der Waals surface area contributed by atoms with Crippen LogP contribution in [0.15, 0.2) is 35.1 Å². The van der Waals surface area contributed by atoms with E-state index in [9.17, 15) is 0 Å². The molecule has 5 nitrogen and oxygen atoms in total. The van der Waals surface area contributed by atoms with Crippen molar-refractivity contribution < 1.29 is 13.9 Å². The van der Waals surface area contributed by atoms with Gasteiger partial charge in [-0.05, 0) is 12.1 Å². The van der Waals surface area contributed by atoms with Gasteiger partial charge in [0.1, 0.15) is 0 Å². The van der Waals surface area contributed by atoms with Crippen molar-refractivity contribution in [1.29, 1.82) is 0 Å². The largest absolute Gasteiger partial charge is 0.423 e. The maximum atomic E-state index is 5.17. The van der Waals surface area contributed by atoms with E-state index in [-0.39, 0.29) is 6.29 Å². The highest BCUT2D eigenvalue weighted by atomic mass is 16.7. The zero-order valence-corrected chi connectivity index (χ0v) is 9.08. The van der Waals surface area contributed by atoms with Gasteiger partial charge in [0.25, 0.3) is 0 Å². The number of nitrogens with zero attached hydrogens (tertiary/aromatic N) is 2. The molecule has 1 heterocycles. The number of aromatic nitrogens is 2. The minimum absolute atomic E-state index is 0.386. The molecule has 0 amide bonds. The highest BCUT2D eigenvalue weighted by Crippen LogP contribution is 2.23. The van der Waals surface area contributed by atoms with Crippen molar-refractivity contribution in [3.05, 3.63) is 36.2 Å². The molecular formula is C11H12N2O3. The second kappa shape index (κ2) is 4.87. The fourth-order valence-corrected chi connectivity index (χ4v) is 1.49. The molecule has 2 rings (SSSR count). The number of hydrogen-bond acceptors (Lipinski definition) is 5. The molecule has 5 heteroatoms. The van der Waals surface area contributed by atoms with Gasteiger partial charge in [-0.15, -0.1) is 10.2 Å². The Labute approximate surface area is 93.0 Å². The standard InChI is InChI=1S/C11H12N2O3/c1-14-11(15-2)9-5-3-4-8(6-9)10-13-12-7-16-10/h3-7,11H,1-2H3. The predicted molar refractivity (Wildman–Crippen MR) is 56.5 cm³/mol. The Morgan fingerprint density at radius 1 is 1.25 bits per heavy atom. The number of ether oxygens (including phenoxy) is 2. The van der Waals surface area contributed by atoms with Crippen molar-refractivity contribution in [3.63, 3.8) is 0 Å². The van der Waals surface area contributed by atoms with Crippen LogP contribution in [0.25, 0.3) is 11.5 Å². The summed E-state index contributed by atoms with van der Waals surface area (Å²) in [4.78, 5) is 0. The first kappa shape index (κ1) is 10.8. The molecule has 0 radical (unpaired) electrons. The van der Waals surface area contributed by atoms with Gasteiger partial charge in [-0.25, -0.2) is 0 Å². The molecule has 0 N–H and O–H groups in total. The SMILES string of the molecule is COC(OC)c1cccc(-c2nnco2)c1. The lowest BCUT2D eigenvalue weighted by atomic mass is 10.1. The Morgan fingerprint density at radius 2 is 2.06 bits per heavy atom.